The molecule has 1 aliphatic rings. The first-order valence-electron chi connectivity index (χ1n) is 8.24. The Bertz CT molecular complexity index is 978. The van der Waals surface area contributed by atoms with E-state index in [-0.39, 0.29) is 34.0 Å². The molecule has 9 heteroatoms. The van der Waals surface area contributed by atoms with E-state index in [2.05, 4.69) is 5.32 Å². The molecule has 0 radical (unpaired) electrons. The van der Waals surface area contributed by atoms with Gasteiger partial charge in [0.15, 0.2) is 0 Å². The van der Waals surface area contributed by atoms with Gasteiger partial charge < -0.3 is 5.11 Å². The number of imide groups is 1. The molecule has 1 heterocycles. The van der Waals surface area contributed by atoms with Gasteiger partial charge in [0.05, 0.1) is 21.2 Å². The van der Waals surface area contributed by atoms with Gasteiger partial charge in [0, 0.05) is 12.1 Å². The van der Waals surface area contributed by atoms with Gasteiger partial charge in [-0.15, -0.1) is 0 Å². The summed E-state index contributed by atoms with van der Waals surface area (Å²) in [5.41, 5.74) is -0.174. The van der Waals surface area contributed by atoms with Crippen LogP contribution in [0.2, 0.25) is 10.0 Å². The SMILES string of the molecule is O=C1CCC(N(C(=O)c2cc(Cl)c(Cl)cc2C(=O)O)c2ccccc2)C(=O)N1. The maximum absolute atomic E-state index is 13.4. The highest BCUT2D eigenvalue weighted by atomic mass is 35.5. The summed E-state index contributed by atoms with van der Waals surface area (Å²) in [6.45, 7) is 0. The monoisotopic (exact) mass is 420 g/mol. The Morgan fingerprint density at radius 2 is 1.64 bits per heavy atom. The summed E-state index contributed by atoms with van der Waals surface area (Å²) in [5, 5.41) is 11.7. The zero-order valence-electron chi connectivity index (χ0n) is 14.3. The molecule has 2 aromatic carbocycles. The van der Waals surface area contributed by atoms with Gasteiger partial charge >= 0.3 is 5.97 Å². The zero-order chi connectivity index (χ0) is 20.4. The molecule has 0 aliphatic carbocycles. The smallest absolute Gasteiger partial charge is 0.336 e. The minimum Gasteiger partial charge on any atom is -0.478 e. The Labute approximate surface area is 169 Å². The van der Waals surface area contributed by atoms with E-state index in [0.717, 1.165) is 12.1 Å². The van der Waals surface area contributed by atoms with Gasteiger partial charge in [0.2, 0.25) is 11.8 Å². The van der Waals surface area contributed by atoms with Crippen LogP contribution in [0.5, 0.6) is 0 Å². The summed E-state index contributed by atoms with van der Waals surface area (Å²) in [6.07, 6.45) is 0.162. The molecule has 2 aromatic rings. The highest BCUT2D eigenvalue weighted by molar-refractivity contribution is 6.42. The van der Waals surface area contributed by atoms with Gasteiger partial charge in [-0.05, 0) is 30.7 Å². The number of carboxylic acids is 1. The molecule has 1 atom stereocenters. The third-order valence-electron chi connectivity index (χ3n) is 4.30. The normalized spacial score (nSPS) is 16.4. The van der Waals surface area contributed by atoms with Crippen molar-refractivity contribution in [1.29, 1.82) is 0 Å². The number of hydrogen-bond acceptors (Lipinski definition) is 4. The Balaban J connectivity index is 2.13. The Morgan fingerprint density at radius 1 is 1.04 bits per heavy atom. The highest BCUT2D eigenvalue weighted by Gasteiger charge is 2.37. The topological polar surface area (TPSA) is 104 Å². The summed E-state index contributed by atoms with van der Waals surface area (Å²) >= 11 is 11.9. The number of piperidine rings is 1. The van der Waals surface area contributed by atoms with Crippen molar-refractivity contribution in [2.24, 2.45) is 0 Å². The molecular formula is C19H14Cl2N2O5. The third-order valence-corrected chi connectivity index (χ3v) is 5.02. The van der Waals surface area contributed by atoms with E-state index in [9.17, 15) is 24.3 Å². The van der Waals surface area contributed by atoms with Crippen LogP contribution >= 0.6 is 23.2 Å². The molecule has 1 aliphatic heterocycles. The van der Waals surface area contributed by atoms with Crippen LogP contribution in [0.25, 0.3) is 0 Å². The second kappa shape index (κ2) is 8.00. The molecular weight excluding hydrogens is 407 g/mol. The molecule has 0 bridgehead atoms. The summed E-state index contributed by atoms with van der Waals surface area (Å²) in [7, 11) is 0. The standard InChI is InChI=1S/C19H14Cl2N2O5/c20-13-8-11(12(19(27)28)9-14(13)21)18(26)23(10-4-2-1-3-5-10)15-6-7-16(24)22-17(15)25/h1-5,8-9,15H,6-7H2,(H,27,28)(H,22,24,25). The van der Waals surface area contributed by atoms with Gasteiger partial charge in [0.25, 0.3) is 5.91 Å². The van der Waals surface area contributed by atoms with Crippen LogP contribution in [-0.4, -0.2) is 34.8 Å². The third kappa shape index (κ3) is 3.85. The molecule has 144 valence electrons. The largest absolute Gasteiger partial charge is 0.478 e. The molecule has 28 heavy (non-hydrogen) atoms. The lowest BCUT2D eigenvalue weighted by atomic mass is 10.00. The Kier molecular flexibility index (Phi) is 5.67. The van der Waals surface area contributed by atoms with Crippen LogP contribution in [-0.2, 0) is 9.59 Å². The number of hydrogen-bond donors (Lipinski definition) is 2. The molecule has 2 N–H and O–H groups in total. The van der Waals surface area contributed by atoms with Crippen molar-refractivity contribution in [2.45, 2.75) is 18.9 Å². The van der Waals surface area contributed by atoms with Crippen LogP contribution in [0.4, 0.5) is 5.69 Å². The van der Waals surface area contributed by atoms with Crippen LogP contribution < -0.4 is 10.2 Å². The summed E-state index contributed by atoms with van der Waals surface area (Å²) in [5.74, 6) is -3.16. The maximum atomic E-state index is 13.4. The Morgan fingerprint density at radius 3 is 2.21 bits per heavy atom. The molecule has 1 saturated heterocycles. The van der Waals surface area contributed by atoms with Crippen molar-refractivity contribution in [3.8, 4) is 0 Å². The number of rotatable bonds is 4. The number of anilines is 1. The van der Waals surface area contributed by atoms with E-state index >= 15 is 0 Å². The summed E-state index contributed by atoms with van der Waals surface area (Å²) in [4.78, 5) is 50.1. The van der Waals surface area contributed by atoms with E-state index in [1.807, 2.05) is 0 Å². The fraction of sp³-hybridized carbons (Fsp3) is 0.158. The molecule has 0 saturated carbocycles. The predicted molar refractivity (Wildman–Crippen MR) is 103 cm³/mol. The average Bonchev–Trinajstić information content (AvgIpc) is 2.66. The number of amides is 3. The fourth-order valence-corrected chi connectivity index (χ4v) is 3.31. The van der Waals surface area contributed by atoms with Gasteiger partial charge in [-0.3, -0.25) is 24.6 Å². The number of halogens is 2. The quantitative estimate of drug-likeness (QED) is 0.739. The van der Waals surface area contributed by atoms with Crippen LogP contribution in [0.3, 0.4) is 0 Å². The molecule has 0 spiro atoms. The maximum Gasteiger partial charge on any atom is 0.336 e. The Hall–Kier alpha value is -2.90. The first-order valence-corrected chi connectivity index (χ1v) is 9.00. The minimum absolute atomic E-state index is 0.00584. The first kappa shape index (κ1) is 19.9. The number of nitrogens with zero attached hydrogens (tertiary/aromatic N) is 1. The lowest BCUT2D eigenvalue weighted by Crippen LogP contribution is -2.54. The first-order chi connectivity index (χ1) is 13.3. The van der Waals surface area contributed by atoms with E-state index in [1.165, 1.54) is 4.90 Å². The molecule has 7 nitrogen and oxygen atoms in total. The average molecular weight is 421 g/mol. The van der Waals surface area contributed by atoms with E-state index in [0.29, 0.717) is 5.69 Å². The molecule has 1 fully saturated rings. The summed E-state index contributed by atoms with van der Waals surface area (Å²) < 4.78 is 0. The fourth-order valence-electron chi connectivity index (χ4n) is 2.99. The van der Waals surface area contributed by atoms with E-state index in [1.54, 1.807) is 30.3 Å². The van der Waals surface area contributed by atoms with Gasteiger partial charge in [-0.2, -0.15) is 0 Å². The number of carbonyl (C=O) groups excluding carboxylic acids is 3. The van der Waals surface area contributed by atoms with E-state index in [4.69, 9.17) is 23.2 Å². The van der Waals surface area contributed by atoms with Crippen molar-refractivity contribution < 1.29 is 24.3 Å². The molecule has 3 rings (SSSR count). The van der Waals surface area contributed by atoms with E-state index < -0.39 is 29.7 Å². The second-order valence-electron chi connectivity index (χ2n) is 6.09. The molecule has 3 amide bonds. The number of para-hydroxylation sites is 1. The zero-order valence-corrected chi connectivity index (χ0v) is 15.8. The lowest BCUT2D eigenvalue weighted by molar-refractivity contribution is -0.134. The number of nitrogens with one attached hydrogen (secondary N) is 1. The minimum atomic E-state index is -1.36. The van der Waals surface area contributed by atoms with Crippen molar-refractivity contribution in [3.63, 3.8) is 0 Å². The number of aromatic carboxylic acids is 1. The lowest BCUT2D eigenvalue weighted by Gasteiger charge is -2.33. The number of carbonyl (C=O) groups is 4. The number of carboxylic acid groups (broad SMARTS) is 1. The molecule has 1 unspecified atom stereocenters. The van der Waals surface area contributed by atoms with Crippen LogP contribution in [0, 0.1) is 0 Å². The second-order valence-corrected chi connectivity index (χ2v) is 6.91. The van der Waals surface area contributed by atoms with Crippen molar-refractivity contribution >= 4 is 52.6 Å². The highest BCUT2D eigenvalue weighted by Crippen LogP contribution is 2.30. The van der Waals surface area contributed by atoms with Crippen molar-refractivity contribution in [1.82, 2.24) is 5.32 Å². The summed E-state index contributed by atoms with van der Waals surface area (Å²) in [6, 6.07) is 9.58. The van der Waals surface area contributed by atoms with Crippen molar-refractivity contribution in [2.75, 3.05) is 4.90 Å². The van der Waals surface area contributed by atoms with Gasteiger partial charge in [0.1, 0.15) is 6.04 Å². The van der Waals surface area contributed by atoms with Crippen LogP contribution in [0.15, 0.2) is 42.5 Å². The predicted octanol–water partition coefficient (Wildman–Crippen LogP) is 3.14. The molecule has 0 aromatic heterocycles. The van der Waals surface area contributed by atoms with Gasteiger partial charge in [-0.1, -0.05) is 41.4 Å². The number of benzene rings is 2. The van der Waals surface area contributed by atoms with Crippen LogP contribution in [0.1, 0.15) is 33.6 Å². The van der Waals surface area contributed by atoms with Crippen molar-refractivity contribution in [3.05, 3.63) is 63.6 Å². The van der Waals surface area contributed by atoms with Gasteiger partial charge in [-0.25, -0.2) is 4.79 Å².